The zero-order valence-corrected chi connectivity index (χ0v) is 25.3. The standard InChI is InChI=1S/C33H45N3O5/c1-8-10-11-12-13-16-23-36(31(38)24(3)34-32(39)41-33(4,5)6)29(28-18-15-14-17-25(28)9-2)30(37)35-26-19-21-27(40-7)22-20-26/h2,14-15,17-22,24,29H,8,10-13,16,23H2,1,3-7H3,(H,34,39)(H,35,37). The van der Waals surface area contributed by atoms with Crippen molar-refractivity contribution in [1.82, 2.24) is 10.2 Å². The highest BCUT2D eigenvalue weighted by atomic mass is 16.6. The number of unbranched alkanes of at least 4 members (excludes halogenated alkanes) is 5. The van der Waals surface area contributed by atoms with Crippen molar-refractivity contribution in [2.75, 3.05) is 19.0 Å². The van der Waals surface area contributed by atoms with Gasteiger partial charge in [0.25, 0.3) is 5.91 Å². The summed E-state index contributed by atoms with van der Waals surface area (Å²) in [6.07, 6.45) is 11.2. The Morgan fingerprint density at radius 2 is 1.61 bits per heavy atom. The Morgan fingerprint density at radius 1 is 0.976 bits per heavy atom. The van der Waals surface area contributed by atoms with E-state index in [0.29, 0.717) is 35.5 Å². The lowest BCUT2D eigenvalue weighted by Gasteiger charge is -2.34. The van der Waals surface area contributed by atoms with Gasteiger partial charge >= 0.3 is 6.09 Å². The van der Waals surface area contributed by atoms with Crippen LogP contribution in [0.2, 0.25) is 0 Å². The van der Waals surface area contributed by atoms with E-state index in [-0.39, 0.29) is 0 Å². The van der Waals surface area contributed by atoms with Gasteiger partial charge in [0, 0.05) is 17.8 Å². The number of alkyl carbamates (subject to hydrolysis) is 1. The molecule has 2 aromatic rings. The molecule has 222 valence electrons. The quantitative estimate of drug-likeness (QED) is 0.203. The van der Waals surface area contributed by atoms with Gasteiger partial charge in [0.2, 0.25) is 5.91 Å². The normalized spacial score (nSPS) is 12.4. The van der Waals surface area contributed by atoms with Crippen LogP contribution in [-0.4, -0.2) is 48.1 Å². The molecule has 0 aliphatic rings. The number of methoxy groups -OCH3 is 1. The second-order valence-electron chi connectivity index (χ2n) is 11.0. The van der Waals surface area contributed by atoms with Crippen LogP contribution in [0.5, 0.6) is 5.75 Å². The van der Waals surface area contributed by atoms with Crippen LogP contribution in [0, 0.1) is 12.3 Å². The van der Waals surface area contributed by atoms with Gasteiger partial charge in [-0.25, -0.2) is 4.79 Å². The molecule has 0 saturated heterocycles. The number of carbonyl (C=O) groups excluding carboxylic acids is 3. The highest BCUT2D eigenvalue weighted by Crippen LogP contribution is 2.28. The maximum Gasteiger partial charge on any atom is 0.408 e. The van der Waals surface area contributed by atoms with Crippen LogP contribution in [0.15, 0.2) is 48.5 Å². The summed E-state index contributed by atoms with van der Waals surface area (Å²) in [7, 11) is 1.57. The third kappa shape index (κ3) is 10.8. The Bertz CT molecular complexity index is 1180. The van der Waals surface area contributed by atoms with E-state index in [1.165, 1.54) is 4.90 Å². The zero-order chi connectivity index (χ0) is 30.4. The molecule has 2 N–H and O–H groups in total. The number of amides is 3. The van der Waals surface area contributed by atoms with Crippen molar-refractivity contribution < 1.29 is 23.9 Å². The molecule has 0 fully saturated rings. The second-order valence-corrected chi connectivity index (χ2v) is 11.0. The largest absolute Gasteiger partial charge is 0.497 e. The molecule has 2 atom stereocenters. The first-order valence-electron chi connectivity index (χ1n) is 14.3. The zero-order valence-electron chi connectivity index (χ0n) is 25.3. The summed E-state index contributed by atoms with van der Waals surface area (Å²) in [5.41, 5.74) is 0.865. The summed E-state index contributed by atoms with van der Waals surface area (Å²) in [5.74, 6) is 2.48. The highest BCUT2D eigenvalue weighted by molar-refractivity contribution is 5.99. The molecule has 3 amide bonds. The molecule has 2 rings (SSSR count). The molecule has 0 bridgehead atoms. The van der Waals surface area contributed by atoms with Gasteiger partial charge in [-0.3, -0.25) is 9.59 Å². The summed E-state index contributed by atoms with van der Waals surface area (Å²) in [6.45, 7) is 9.31. The number of carbonyl (C=O) groups is 3. The van der Waals surface area contributed by atoms with Gasteiger partial charge in [0.15, 0.2) is 0 Å². The first kappa shape index (κ1) is 33.2. The molecule has 0 spiro atoms. The SMILES string of the molecule is C#Cc1ccccc1C(C(=O)Nc1ccc(OC)cc1)N(CCCCCCCC)C(=O)C(C)NC(=O)OC(C)(C)C. The van der Waals surface area contributed by atoms with Crippen LogP contribution in [0.4, 0.5) is 10.5 Å². The lowest BCUT2D eigenvalue weighted by molar-refractivity contribution is -0.140. The summed E-state index contributed by atoms with van der Waals surface area (Å²) in [5, 5.41) is 5.57. The highest BCUT2D eigenvalue weighted by Gasteiger charge is 2.35. The third-order valence-electron chi connectivity index (χ3n) is 6.47. The van der Waals surface area contributed by atoms with Gasteiger partial charge < -0.3 is 25.0 Å². The average molecular weight is 564 g/mol. The lowest BCUT2D eigenvalue weighted by atomic mass is 9.97. The van der Waals surface area contributed by atoms with E-state index in [0.717, 1.165) is 32.1 Å². The minimum atomic E-state index is -1.03. The predicted molar refractivity (Wildman–Crippen MR) is 163 cm³/mol. The lowest BCUT2D eigenvalue weighted by Crippen LogP contribution is -2.51. The molecule has 41 heavy (non-hydrogen) atoms. The van der Waals surface area contributed by atoms with Gasteiger partial charge in [0.05, 0.1) is 7.11 Å². The fourth-order valence-electron chi connectivity index (χ4n) is 4.43. The maximum absolute atomic E-state index is 14.0. The van der Waals surface area contributed by atoms with Gasteiger partial charge in [0.1, 0.15) is 23.4 Å². The molecular formula is C33H45N3O5. The predicted octanol–water partition coefficient (Wildman–Crippen LogP) is 6.46. The monoisotopic (exact) mass is 563 g/mol. The van der Waals surface area contributed by atoms with Gasteiger partial charge in [-0.05, 0) is 70.0 Å². The van der Waals surface area contributed by atoms with E-state index in [9.17, 15) is 14.4 Å². The fourth-order valence-corrected chi connectivity index (χ4v) is 4.43. The maximum atomic E-state index is 14.0. The second kappa shape index (κ2) is 16.3. The van der Waals surface area contributed by atoms with Gasteiger partial charge in [-0.1, -0.05) is 63.1 Å². The average Bonchev–Trinajstić information content (AvgIpc) is 2.93. The van der Waals surface area contributed by atoms with Crippen molar-refractivity contribution in [2.45, 2.75) is 90.8 Å². The van der Waals surface area contributed by atoms with E-state index >= 15 is 0 Å². The van der Waals surface area contributed by atoms with Gasteiger partial charge in [-0.15, -0.1) is 6.42 Å². The molecule has 0 aliphatic carbocycles. The van der Waals surface area contributed by atoms with Crippen molar-refractivity contribution in [1.29, 1.82) is 0 Å². The van der Waals surface area contributed by atoms with Crippen LogP contribution in [0.25, 0.3) is 0 Å². The molecule has 8 nitrogen and oxygen atoms in total. The number of terminal acetylenes is 1. The summed E-state index contributed by atoms with van der Waals surface area (Å²) < 4.78 is 10.6. The number of rotatable bonds is 14. The van der Waals surface area contributed by atoms with Crippen molar-refractivity contribution >= 4 is 23.6 Å². The number of anilines is 1. The Kier molecular flexibility index (Phi) is 13.2. The third-order valence-corrected chi connectivity index (χ3v) is 6.47. The Labute approximate surface area is 245 Å². The molecule has 0 aliphatic heterocycles. The molecule has 0 heterocycles. The van der Waals surface area contributed by atoms with E-state index in [1.54, 1.807) is 83.3 Å². The number of nitrogens with zero attached hydrogens (tertiary/aromatic N) is 1. The van der Waals surface area contributed by atoms with Crippen LogP contribution in [0.3, 0.4) is 0 Å². The molecular weight excluding hydrogens is 518 g/mol. The molecule has 2 aromatic carbocycles. The first-order chi connectivity index (χ1) is 19.5. The topological polar surface area (TPSA) is 97.0 Å². The van der Waals surface area contributed by atoms with Crippen molar-refractivity contribution in [3.63, 3.8) is 0 Å². The summed E-state index contributed by atoms with van der Waals surface area (Å²) in [6, 6.07) is 12.1. The minimum absolute atomic E-state index is 0.310. The molecule has 0 saturated carbocycles. The Hall–Kier alpha value is -3.99. The van der Waals surface area contributed by atoms with Crippen molar-refractivity contribution in [3.8, 4) is 18.1 Å². The summed E-state index contributed by atoms with van der Waals surface area (Å²) >= 11 is 0. The number of benzene rings is 2. The Balaban J connectivity index is 2.45. The fraction of sp³-hybridized carbons (Fsp3) is 0.485. The Morgan fingerprint density at radius 3 is 2.22 bits per heavy atom. The van der Waals surface area contributed by atoms with Crippen molar-refractivity contribution in [3.05, 3.63) is 59.7 Å². The van der Waals surface area contributed by atoms with Crippen LogP contribution in [-0.2, 0) is 14.3 Å². The summed E-state index contributed by atoms with van der Waals surface area (Å²) in [4.78, 5) is 42.0. The molecule has 0 radical (unpaired) electrons. The first-order valence-corrected chi connectivity index (χ1v) is 14.3. The van der Waals surface area contributed by atoms with E-state index < -0.39 is 35.6 Å². The molecule has 8 heteroatoms. The van der Waals surface area contributed by atoms with Crippen LogP contribution in [0.1, 0.15) is 90.3 Å². The molecule has 0 aromatic heterocycles. The van der Waals surface area contributed by atoms with E-state index in [4.69, 9.17) is 15.9 Å². The van der Waals surface area contributed by atoms with E-state index in [1.807, 2.05) is 0 Å². The van der Waals surface area contributed by atoms with Crippen LogP contribution >= 0.6 is 0 Å². The molecule has 2 unspecified atom stereocenters. The smallest absolute Gasteiger partial charge is 0.408 e. The van der Waals surface area contributed by atoms with Crippen LogP contribution < -0.4 is 15.4 Å². The number of nitrogens with one attached hydrogen (secondary N) is 2. The number of hydrogen-bond acceptors (Lipinski definition) is 5. The van der Waals surface area contributed by atoms with E-state index in [2.05, 4.69) is 23.5 Å². The number of ether oxygens (including phenoxy) is 2. The van der Waals surface area contributed by atoms with Gasteiger partial charge in [-0.2, -0.15) is 0 Å². The van der Waals surface area contributed by atoms with Crippen molar-refractivity contribution in [2.24, 2.45) is 0 Å². The minimum Gasteiger partial charge on any atom is -0.497 e. The number of hydrogen-bond donors (Lipinski definition) is 2.